The van der Waals surface area contributed by atoms with E-state index in [-0.39, 0.29) is 13.2 Å². The minimum absolute atomic E-state index is 0.0158. The zero-order chi connectivity index (χ0) is 20.3. The number of nitrogens with zero attached hydrogens (tertiary/aromatic N) is 1. The molecule has 1 rings (SSSR count). The van der Waals surface area contributed by atoms with E-state index >= 15 is 0 Å². The summed E-state index contributed by atoms with van der Waals surface area (Å²) in [6, 6.07) is 1.12. The van der Waals surface area contributed by atoms with Gasteiger partial charge in [-0.15, -0.1) is 0 Å². The van der Waals surface area contributed by atoms with E-state index in [1.807, 2.05) is 0 Å². The predicted molar refractivity (Wildman–Crippen MR) is 95.8 cm³/mol. The smallest absolute Gasteiger partial charge is 0.353 e. The van der Waals surface area contributed by atoms with Gasteiger partial charge in [-0.3, -0.25) is 18.9 Å². The molecule has 0 aromatic carbocycles. The zero-order valence-electron chi connectivity index (χ0n) is 15.4. The maximum atomic E-state index is 12.2. The number of aliphatic hydroxyl groups is 1. The molecule has 0 saturated heterocycles. The van der Waals surface area contributed by atoms with E-state index in [9.17, 15) is 19.3 Å². The summed E-state index contributed by atoms with van der Waals surface area (Å²) in [6.07, 6.45) is 0.667. The number of aromatic nitrogens is 2. The average Bonchev–Trinajstić information content (AvgIpc) is 2.67. The molecule has 1 heterocycles. The van der Waals surface area contributed by atoms with Crippen molar-refractivity contribution in [3.05, 3.63) is 45.0 Å². The Morgan fingerprint density at radius 2 is 1.96 bits per heavy atom. The Hall–Kier alpha value is -1.59. The molecule has 27 heavy (non-hydrogen) atoms. The van der Waals surface area contributed by atoms with Crippen LogP contribution in [0.15, 0.2) is 33.7 Å². The molecule has 1 aromatic rings. The third-order valence-corrected chi connectivity index (χ3v) is 4.91. The van der Waals surface area contributed by atoms with Crippen LogP contribution in [0.3, 0.4) is 0 Å². The van der Waals surface area contributed by atoms with Crippen LogP contribution >= 0.6 is 7.60 Å². The molecule has 0 unspecified atom stereocenters. The molecule has 0 radical (unpaired) electrons. The Balaban J connectivity index is 2.98. The van der Waals surface area contributed by atoms with Gasteiger partial charge in [-0.1, -0.05) is 0 Å². The average molecular weight is 408 g/mol. The van der Waals surface area contributed by atoms with Gasteiger partial charge >= 0.3 is 13.3 Å². The number of rotatable bonds is 13. The highest BCUT2D eigenvalue weighted by atomic mass is 31.2. The van der Waals surface area contributed by atoms with Gasteiger partial charge < -0.3 is 28.4 Å². The Morgan fingerprint density at radius 1 is 1.26 bits per heavy atom. The quantitative estimate of drug-likeness (QED) is 0.343. The van der Waals surface area contributed by atoms with E-state index in [1.54, 1.807) is 0 Å². The van der Waals surface area contributed by atoms with Crippen molar-refractivity contribution in [3.63, 3.8) is 0 Å². The van der Waals surface area contributed by atoms with Crippen LogP contribution in [0.2, 0.25) is 0 Å². The first-order chi connectivity index (χ1) is 12.9. The van der Waals surface area contributed by atoms with Gasteiger partial charge in [-0.25, -0.2) is 4.79 Å². The fourth-order valence-electron chi connectivity index (χ4n) is 1.93. The maximum Gasteiger partial charge on any atom is 0.353 e. The van der Waals surface area contributed by atoms with Crippen LogP contribution in [-0.2, 0) is 27.8 Å². The Bertz CT molecular complexity index is 737. The predicted octanol–water partition coefficient (Wildman–Crippen LogP) is 0.0753. The first-order valence-electron chi connectivity index (χ1n) is 7.94. The molecule has 2 atom stereocenters. The molecular formula is C15H25N2O9P. The summed E-state index contributed by atoms with van der Waals surface area (Å²) < 4.78 is 38.8. The van der Waals surface area contributed by atoms with Crippen molar-refractivity contribution in [1.29, 1.82) is 0 Å². The van der Waals surface area contributed by atoms with Gasteiger partial charge in [0.05, 0.1) is 26.4 Å². The summed E-state index contributed by atoms with van der Waals surface area (Å²) >= 11 is 0. The molecule has 12 heteroatoms. The Morgan fingerprint density at radius 3 is 2.52 bits per heavy atom. The number of nitrogens with one attached hydrogen (secondary N) is 1. The molecule has 0 spiro atoms. The largest absolute Gasteiger partial charge is 0.392 e. The summed E-state index contributed by atoms with van der Waals surface area (Å²) in [4.78, 5) is 25.2. The van der Waals surface area contributed by atoms with Gasteiger partial charge in [0.25, 0.3) is 5.56 Å². The van der Waals surface area contributed by atoms with Crippen molar-refractivity contribution in [2.45, 2.75) is 12.3 Å². The molecule has 0 bridgehead atoms. The van der Waals surface area contributed by atoms with Gasteiger partial charge in [-0.05, 0) is 6.08 Å². The Labute approximate surface area is 156 Å². The van der Waals surface area contributed by atoms with Crippen LogP contribution in [-0.4, -0.2) is 68.5 Å². The minimum Gasteiger partial charge on any atom is -0.392 e. The molecule has 0 aliphatic carbocycles. The Kier molecular flexibility index (Phi) is 10.4. The molecule has 0 aliphatic heterocycles. The number of hydrogen-bond donors (Lipinski definition) is 2. The second kappa shape index (κ2) is 12.0. The fourth-order valence-corrected chi connectivity index (χ4v) is 2.73. The normalized spacial score (nSPS) is 14.5. The van der Waals surface area contributed by atoms with E-state index < -0.39 is 37.8 Å². The van der Waals surface area contributed by atoms with Gasteiger partial charge in [0, 0.05) is 39.4 Å². The number of methoxy groups -OCH3 is 1. The van der Waals surface area contributed by atoms with E-state index in [1.165, 1.54) is 39.4 Å². The summed E-state index contributed by atoms with van der Waals surface area (Å²) in [5.74, 6) is 1.20. The van der Waals surface area contributed by atoms with Crippen molar-refractivity contribution in [2.24, 2.45) is 0 Å². The first-order valence-corrected chi connectivity index (χ1v) is 9.55. The highest BCUT2D eigenvalue weighted by Crippen LogP contribution is 2.48. The van der Waals surface area contributed by atoms with E-state index in [0.29, 0.717) is 6.61 Å². The lowest BCUT2D eigenvalue weighted by molar-refractivity contribution is -0.0922. The third kappa shape index (κ3) is 7.89. The molecule has 0 fully saturated rings. The minimum atomic E-state index is -3.44. The second-order valence-electron chi connectivity index (χ2n) is 5.14. The molecule has 11 nitrogen and oxygen atoms in total. The van der Waals surface area contributed by atoms with Crippen LogP contribution in [0.5, 0.6) is 0 Å². The van der Waals surface area contributed by atoms with E-state index in [4.69, 9.17) is 23.3 Å². The van der Waals surface area contributed by atoms with E-state index in [2.05, 4.69) is 4.98 Å². The van der Waals surface area contributed by atoms with Crippen LogP contribution in [0, 0.1) is 0 Å². The molecule has 2 N–H and O–H groups in total. The first kappa shape index (κ1) is 23.4. The van der Waals surface area contributed by atoms with Crippen molar-refractivity contribution in [2.75, 3.05) is 47.8 Å². The maximum absolute atomic E-state index is 12.2. The summed E-state index contributed by atoms with van der Waals surface area (Å²) in [5, 5.41) is 9.59. The lowest BCUT2D eigenvalue weighted by atomic mass is 10.3. The van der Waals surface area contributed by atoms with Crippen molar-refractivity contribution >= 4 is 7.60 Å². The number of hydrogen-bond acceptors (Lipinski definition) is 9. The molecule has 1 aromatic heterocycles. The number of aliphatic hydroxyl groups excluding tert-OH is 1. The lowest BCUT2D eigenvalue weighted by Gasteiger charge is -2.23. The monoisotopic (exact) mass is 408 g/mol. The fraction of sp³-hybridized carbons (Fsp3) is 0.600. The molecule has 154 valence electrons. The standard InChI is InChI=1S/C15H25N2O9P/c1-22-7-8-25-11-12(5-9-27(21,23-2)24-3)26-14(10-18)17-6-4-13(19)16-15(17)20/h4-6,9,12,14,18H,7-8,10-11H2,1-3H3,(H,16,19,20)/b9-5+/t12-,14-/m1/s1. The molecule has 0 amide bonds. The second-order valence-corrected chi connectivity index (χ2v) is 7.25. The topological polar surface area (TPSA) is 138 Å². The van der Waals surface area contributed by atoms with Crippen LogP contribution in [0.1, 0.15) is 6.23 Å². The highest BCUT2D eigenvalue weighted by Gasteiger charge is 2.21. The number of ether oxygens (including phenoxy) is 3. The zero-order valence-corrected chi connectivity index (χ0v) is 16.3. The molecule has 0 aliphatic rings. The van der Waals surface area contributed by atoms with Crippen molar-refractivity contribution < 1.29 is 32.9 Å². The highest BCUT2D eigenvalue weighted by molar-refractivity contribution is 7.57. The summed E-state index contributed by atoms with van der Waals surface area (Å²) in [5.41, 5.74) is -1.32. The summed E-state index contributed by atoms with van der Waals surface area (Å²) in [7, 11) is 0.548. The van der Waals surface area contributed by atoms with E-state index in [0.717, 1.165) is 10.6 Å². The van der Waals surface area contributed by atoms with Crippen LogP contribution < -0.4 is 11.2 Å². The van der Waals surface area contributed by atoms with Gasteiger partial charge in [-0.2, -0.15) is 0 Å². The number of H-pyrrole nitrogens is 1. The van der Waals surface area contributed by atoms with Gasteiger partial charge in [0.2, 0.25) is 0 Å². The third-order valence-electron chi connectivity index (χ3n) is 3.36. The molecule has 0 saturated carbocycles. The lowest BCUT2D eigenvalue weighted by Crippen LogP contribution is -2.36. The van der Waals surface area contributed by atoms with Crippen LogP contribution in [0.4, 0.5) is 0 Å². The number of aromatic amines is 1. The van der Waals surface area contributed by atoms with Crippen molar-refractivity contribution in [1.82, 2.24) is 9.55 Å². The van der Waals surface area contributed by atoms with Gasteiger partial charge in [0.15, 0.2) is 6.23 Å². The summed E-state index contributed by atoms with van der Waals surface area (Å²) in [6.45, 7) is 0.0924. The molecular weight excluding hydrogens is 383 g/mol. The van der Waals surface area contributed by atoms with Crippen LogP contribution in [0.25, 0.3) is 0 Å². The SMILES string of the molecule is COCCOC[C@@H](/C=C/P(=O)(OC)OC)O[C@H](CO)n1ccc(=O)[nH]c1=O. The van der Waals surface area contributed by atoms with Crippen molar-refractivity contribution in [3.8, 4) is 0 Å². The van der Waals surface area contributed by atoms with Gasteiger partial charge in [0.1, 0.15) is 6.10 Å².